The predicted octanol–water partition coefficient (Wildman–Crippen LogP) is 5.38. The van der Waals surface area contributed by atoms with E-state index in [4.69, 9.17) is 0 Å². The lowest BCUT2D eigenvalue weighted by Crippen LogP contribution is -2.52. The van der Waals surface area contributed by atoms with Gasteiger partial charge in [-0.15, -0.1) is 10.5 Å². The standard InChI is InChI=1S/C26H29N5O/c1-4-31(5-2,6-3)24-19-17-21(18-20-24)25-27-29(22-13-9-7-10-14-22)26(32)30(28-25)23-15-11-8-12-16-23/h7-20H,4-6H2,1-3H3/q+1. The lowest BCUT2D eigenvalue weighted by Gasteiger charge is -2.35. The molecular formula is C26H29N5O+. The Morgan fingerprint density at radius 3 is 1.69 bits per heavy atom. The van der Waals surface area contributed by atoms with Gasteiger partial charge in [0.25, 0.3) is 0 Å². The number of rotatable bonds is 7. The Kier molecular flexibility index (Phi) is 6.23. The van der Waals surface area contributed by atoms with Gasteiger partial charge < -0.3 is 0 Å². The highest BCUT2D eigenvalue weighted by Crippen LogP contribution is 2.26. The highest BCUT2D eigenvalue weighted by molar-refractivity contribution is 6.12. The summed E-state index contributed by atoms with van der Waals surface area (Å²) in [4.78, 5) is 13.3. The second-order valence-electron chi connectivity index (χ2n) is 7.74. The minimum atomic E-state index is -0.318. The number of urea groups is 1. The highest BCUT2D eigenvalue weighted by atomic mass is 16.2. The van der Waals surface area contributed by atoms with Crippen molar-refractivity contribution >= 4 is 28.9 Å². The fourth-order valence-corrected chi connectivity index (χ4v) is 4.12. The Hall–Kier alpha value is -3.64. The molecule has 0 saturated heterocycles. The molecule has 1 radical (unpaired) electrons. The van der Waals surface area contributed by atoms with Crippen LogP contribution in [0.25, 0.3) is 0 Å². The third-order valence-corrected chi connectivity index (χ3v) is 6.24. The van der Waals surface area contributed by atoms with E-state index in [1.807, 2.05) is 72.8 Å². The van der Waals surface area contributed by atoms with Gasteiger partial charge in [0.05, 0.1) is 31.0 Å². The maximum Gasteiger partial charge on any atom is 0.370 e. The minimum absolute atomic E-state index is 0.318. The Balaban J connectivity index is 1.74. The first-order valence-corrected chi connectivity index (χ1v) is 11.1. The Bertz CT molecular complexity index is 1070. The summed E-state index contributed by atoms with van der Waals surface area (Å²) < 4.78 is 0.925. The van der Waals surface area contributed by atoms with Gasteiger partial charge in [-0.3, -0.25) is 4.48 Å². The van der Waals surface area contributed by atoms with Crippen LogP contribution in [0.3, 0.4) is 0 Å². The SMILES string of the molecule is CC[N+](CC)(CC)c1ccc(C2=NN(c3ccccc3)C(=O)N(c3ccccc3)[N]2)cc1. The number of para-hydroxylation sites is 2. The maximum atomic E-state index is 13.3. The van der Waals surface area contributed by atoms with E-state index >= 15 is 0 Å². The number of quaternary nitrogens is 1. The molecule has 0 aromatic heterocycles. The zero-order chi connectivity index (χ0) is 22.6. The molecule has 1 aliphatic heterocycles. The molecule has 3 aromatic rings. The topological polar surface area (TPSA) is 50.0 Å². The first-order chi connectivity index (χ1) is 15.6. The van der Waals surface area contributed by atoms with E-state index in [-0.39, 0.29) is 6.03 Å². The predicted molar refractivity (Wildman–Crippen MR) is 132 cm³/mol. The molecule has 0 N–H and O–H groups in total. The van der Waals surface area contributed by atoms with Crippen LogP contribution in [0.1, 0.15) is 26.3 Å². The zero-order valence-electron chi connectivity index (χ0n) is 18.8. The third kappa shape index (κ3) is 3.97. The molecule has 3 aromatic carbocycles. The Morgan fingerprint density at radius 2 is 1.19 bits per heavy atom. The summed E-state index contributed by atoms with van der Waals surface area (Å²) in [5.41, 5.74) is 8.15. The van der Waals surface area contributed by atoms with Gasteiger partial charge in [-0.1, -0.05) is 36.4 Å². The molecule has 163 valence electrons. The monoisotopic (exact) mass is 427 g/mol. The molecule has 0 bridgehead atoms. The van der Waals surface area contributed by atoms with E-state index in [0.29, 0.717) is 17.2 Å². The van der Waals surface area contributed by atoms with Gasteiger partial charge in [0, 0.05) is 5.56 Å². The van der Waals surface area contributed by atoms with Gasteiger partial charge in [-0.05, 0) is 69.3 Å². The first-order valence-electron chi connectivity index (χ1n) is 11.1. The van der Waals surface area contributed by atoms with Gasteiger partial charge in [-0.25, -0.2) is 4.79 Å². The van der Waals surface area contributed by atoms with Crippen molar-refractivity contribution in [1.82, 2.24) is 9.91 Å². The lowest BCUT2D eigenvalue weighted by molar-refractivity contribution is 0.249. The van der Waals surface area contributed by atoms with Gasteiger partial charge in [0.2, 0.25) is 5.84 Å². The molecule has 0 spiro atoms. The van der Waals surface area contributed by atoms with E-state index < -0.39 is 0 Å². The third-order valence-electron chi connectivity index (χ3n) is 6.24. The molecule has 0 aliphatic carbocycles. The Morgan fingerprint density at radius 1 is 0.688 bits per heavy atom. The summed E-state index contributed by atoms with van der Waals surface area (Å²) in [5, 5.41) is 7.44. The van der Waals surface area contributed by atoms with Gasteiger partial charge >= 0.3 is 6.03 Å². The molecule has 32 heavy (non-hydrogen) atoms. The van der Waals surface area contributed by atoms with Crippen molar-refractivity contribution in [3.8, 4) is 0 Å². The zero-order valence-corrected chi connectivity index (χ0v) is 18.8. The summed E-state index contributed by atoms with van der Waals surface area (Å²) in [6.07, 6.45) is 0. The molecule has 2 amide bonds. The van der Waals surface area contributed by atoms with Gasteiger partial charge in [0.1, 0.15) is 5.69 Å². The number of amidine groups is 1. The smallest absolute Gasteiger partial charge is 0.292 e. The summed E-state index contributed by atoms with van der Waals surface area (Å²) in [6.45, 7) is 9.79. The van der Waals surface area contributed by atoms with Crippen LogP contribution >= 0.6 is 0 Å². The molecule has 0 unspecified atom stereocenters. The number of nitrogens with zero attached hydrogens (tertiary/aromatic N) is 5. The van der Waals surface area contributed by atoms with Crippen molar-refractivity contribution in [3.05, 3.63) is 90.5 Å². The summed E-state index contributed by atoms with van der Waals surface area (Å²) in [5.74, 6) is 0.492. The largest absolute Gasteiger partial charge is 0.370 e. The van der Waals surface area contributed by atoms with E-state index in [0.717, 1.165) is 29.7 Å². The van der Waals surface area contributed by atoms with Crippen LogP contribution < -0.4 is 19.9 Å². The number of hydrogen-bond donors (Lipinski definition) is 0. The van der Waals surface area contributed by atoms with Crippen molar-refractivity contribution in [2.24, 2.45) is 5.10 Å². The van der Waals surface area contributed by atoms with Crippen molar-refractivity contribution < 1.29 is 4.79 Å². The summed E-state index contributed by atoms with van der Waals surface area (Å²) in [7, 11) is 0. The van der Waals surface area contributed by atoms with E-state index in [2.05, 4.69) is 43.4 Å². The van der Waals surface area contributed by atoms with Crippen LogP contribution in [0.5, 0.6) is 0 Å². The minimum Gasteiger partial charge on any atom is -0.292 e. The van der Waals surface area contributed by atoms with Crippen molar-refractivity contribution in [2.75, 3.05) is 29.7 Å². The van der Waals surface area contributed by atoms with Crippen LogP contribution in [0.15, 0.2) is 90.0 Å². The lowest BCUT2D eigenvalue weighted by atomic mass is 10.1. The highest BCUT2D eigenvalue weighted by Gasteiger charge is 2.32. The number of carbonyl (C=O) groups excluding carboxylic acids is 1. The van der Waals surface area contributed by atoms with Crippen LogP contribution in [0.4, 0.5) is 21.9 Å². The average Bonchev–Trinajstić information content (AvgIpc) is 2.87. The quantitative estimate of drug-likeness (QED) is 0.467. The van der Waals surface area contributed by atoms with Gasteiger partial charge in [0.15, 0.2) is 0 Å². The fraction of sp³-hybridized carbons (Fsp3) is 0.231. The molecule has 0 atom stereocenters. The van der Waals surface area contributed by atoms with E-state index in [1.165, 1.54) is 15.7 Å². The molecular weight excluding hydrogens is 398 g/mol. The van der Waals surface area contributed by atoms with Crippen LogP contribution in [0.2, 0.25) is 0 Å². The molecule has 0 fully saturated rings. The molecule has 6 nitrogen and oxygen atoms in total. The van der Waals surface area contributed by atoms with E-state index in [1.54, 1.807) is 0 Å². The molecule has 4 rings (SSSR count). The number of hydrazone groups is 1. The number of anilines is 2. The van der Waals surface area contributed by atoms with Crippen molar-refractivity contribution in [1.29, 1.82) is 0 Å². The maximum absolute atomic E-state index is 13.3. The number of hydrogen-bond acceptors (Lipinski definition) is 2. The van der Waals surface area contributed by atoms with Crippen LogP contribution in [-0.4, -0.2) is 31.5 Å². The summed E-state index contributed by atoms with van der Waals surface area (Å²) >= 11 is 0. The number of carbonyl (C=O) groups is 1. The van der Waals surface area contributed by atoms with Crippen molar-refractivity contribution in [3.63, 3.8) is 0 Å². The Labute approximate surface area is 189 Å². The number of amides is 2. The molecule has 0 saturated carbocycles. The fourth-order valence-electron chi connectivity index (χ4n) is 4.12. The van der Waals surface area contributed by atoms with Crippen LogP contribution in [-0.2, 0) is 0 Å². The second kappa shape index (κ2) is 9.24. The molecule has 1 aliphatic rings. The molecule has 6 heteroatoms. The second-order valence-corrected chi connectivity index (χ2v) is 7.74. The van der Waals surface area contributed by atoms with Crippen LogP contribution in [0, 0.1) is 0 Å². The first kappa shape index (κ1) is 21.6. The number of benzene rings is 3. The average molecular weight is 428 g/mol. The van der Waals surface area contributed by atoms with E-state index in [9.17, 15) is 4.79 Å². The summed E-state index contributed by atoms with van der Waals surface area (Å²) in [6, 6.07) is 27.0. The van der Waals surface area contributed by atoms with Gasteiger partial charge in [-0.2, -0.15) is 10.0 Å². The van der Waals surface area contributed by atoms with Crippen molar-refractivity contribution in [2.45, 2.75) is 20.8 Å². The molecule has 1 heterocycles. The normalized spacial score (nSPS) is 14.2.